The van der Waals surface area contributed by atoms with E-state index in [1.807, 2.05) is 36.4 Å². The largest absolute Gasteiger partial charge is 0.397 e. The van der Waals surface area contributed by atoms with Crippen molar-refractivity contribution in [1.82, 2.24) is 10.2 Å². The van der Waals surface area contributed by atoms with Gasteiger partial charge in [-0.3, -0.25) is 10.2 Å². The van der Waals surface area contributed by atoms with E-state index in [0.29, 0.717) is 0 Å². The average Bonchev–Trinajstić information content (AvgIpc) is 3.30. The molecule has 0 aromatic heterocycles. The van der Waals surface area contributed by atoms with Gasteiger partial charge in [0.05, 0.1) is 28.9 Å². The molecule has 1 unspecified atom stereocenters. The predicted octanol–water partition coefficient (Wildman–Crippen LogP) is 16.9. The fourth-order valence-corrected chi connectivity index (χ4v) is 8.97. The van der Waals surface area contributed by atoms with Crippen LogP contribution in [0.5, 0.6) is 0 Å². The first-order chi connectivity index (χ1) is 34.2. The smallest absolute Gasteiger partial charge is 0.0971 e. The van der Waals surface area contributed by atoms with Crippen LogP contribution in [0.15, 0.2) is 133 Å². The Morgan fingerprint density at radius 3 is 1.23 bits per heavy atom. The molecule has 7 nitrogen and oxygen atoms in total. The van der Waals surface area contributed by atoms with E-state index in [0.717, 1.165) is 54.6 Å². The molecule has 0 saturated carbocycles. The predicted molar refractivity (Wildman–Crippen MR) is 327 cm³/mol. The minimum Gasteiger partial charge on any atom is -0.397 e. The van der Waals surface area contributed by atoms with Gasteiger partial charge in [0.1, 0.15) is 0 Å². The lowest BCUT2D eigenvalue weighted by Gasteiger charge is -2.39. The van der Waals surface area contributed by atoms with Gasteiger partial charge in [-0.05, 0) is 152 Å². The number of hydrogen-bond donors (Lipinski definition) is 4. The highest BCUT2D eigenvalue weighted by molar-refractivity contribution is 5.76. The number of nitrogen functional groups attached to an aromatic ring is 2. The minimum atomic E-state index is 0.0113. The Hall–Kier alpha value is -5.76. The molecular formula is C67H97N7. The van der Waals surface area contributed by atoms with E-state index in [-0.39, 0.29) is 38.7 Å². The SMILES string of the molecule is CC(C)(C)c1cc(Nc2ccccc2N)cc(C(C)(C)C)c1.CCN(CCN(c1cc(C(C)(C)C)cc(C(C)(C)C)c1)c1ccccc1N)CC(NC)N(c1ccccc1)c1cc(C(C)(C)C)cc(C(C)(C)C)c1. The molecule has 0 amide bonds. The molecule has 6 N–H and O–H groups in total. The van der Waals surface area contributed by atoms with Gasteiger partial charge in [-0.1, -0.05) is 192 Å². The van der Waals surface area contributed by atoms with Crippen LogP contribution < -0.4 is 31.9 Å². The molecule has 0 radical (unpaired) electrons. The van der Waals surface area contributed by atoms with Crippen molar-refractivity contribution >= 4 is 45.5 Å². The number of anilines is 8. The lowest BCUT2D eigenvalue weighted by molar-refractivity contribution is 0.264. The Morgan fingerprint density at radius 2 is 0.824 bits per heavy atom. The standard InChI is InChI=1S/C47H69N5.C20H28N2/c1-15-50(25-26-51(42-24-20-19-23-41(42)48)39-29-34(44(2,3)4)27-35(30-39)45(5,6)7)33-43(49-14)52(38-21-17-16-18-22-38)40-31-36(46(8,9)10)28-37(32-40)47(11,12)13;1-19(2,3)14-11-15(20(4,5)6)13-16(12-14)22-18-10-8-7-9-17(18)21/h16-24,27-32,43,49H,15,25-26,33,48H2,1-14H3;7-13,22H,21H2,1-6H3. The van der Waals surface area contributed by atoms with Gasteiger partial charge in [0.15, 0.2) is 0 Å². The maximum absolute atomic E-state index is 6.73. The third kappa shape index (κ3) is 15.9. The third-order valence-corrected chi connectivity index (χ3v) is 14.2. The van der Waals surface area contributed by atoms with Gasteiger partial charge >= 0.3 is 0 Å². The van der Waals surface area contributed by atoms with E-state index >= 15 is 0 Å². The maximum atomic E-state index is 6.73. The Balaban J connectivity index is 0.000000382. The molecule has 6 aromatic carbocycles. The maximum Gasteiger partial charge on any atom is 0.0971 e. The highest BCUT2D eigenvalue weighted by Crippen LogP contribution is 2.40. The third-order valence-electron chi connectivity index (χ3n) is 14.2. The van der Waals surface area contributed by atoms with Crippen molar-refractivity contribution in [3.63, 3.8) is 0 Å². The molecule has 6 aromatic rings. The highest BCUT2D eigenvalue weighted by atomic mass is 15.3. The molecule has 0 aliphatic rings. The molecule has 0 bridgehead atoms. The number of rotatable bonds is 14. The molecule has 0 heterocycles. The normalized spacial score (nSPS) is 13.0. The molecule has 0 aliphatic heterocycles. The number of likely N-dealkylation sites (N-methyl/N-ethyl adjacent to an activating group) is 2. The number of para-hydroxylation sites is 5. The van der Waals surface area contributed by atoms with Crippen molar-refractivity contribution in [1.29, 1.82) is 0 Å². The Labute approximate surface area is 450 Å². The van der Waals surface area contributed by atoms with Crippen LogP contribution in [0.4, 0.5) is 45.5 Å². The van der Waals surface area contributed by atoms with Gasteiger partial charge in [-0.25, -0.2) is 0 Å². The van der Waals surface area contributed by atoms with Gasteiger partial charge in [-0.2, -0.15) is 0 Å². The van der Waals surface area contributed by atoms with Crippen LogP contribution in [0.1, 0.15) is 165 Å². The van der Waals surface area contributed by atoms with E-state index in [2.05, 4.69) is 261 Å². The summed E-state index contributed by atoms with van der Waals surface area (Å²) in [5, 5.41) is 7.21. The first-order valence-corrected chi connectivity index (χ1v) is 27.2. The number of nitrogens with one attached hydrogen (secondary N) is 2. The van der Waals surface area contributed by atoms with E-state index in [9.17, 15) is 0 Å². The monoisotopic (exact) mass is 1000 g/mol. The van der Waals surface area contributed by atoms with Crippen LogP contribution in [0.3, 0.4) is 0 Å². The summed E-state index contributed by atoms with van der Waals surface area (Å²) in [6, 6.07) is 48.1. The van der Waals surface area contributed by atoms with E-state index in [4.69, 9.17) is 11.5 Å². The lowest BCUT2D eigenvalue weighted by Crippen LogP contribution is -2.50. The molecule has 1 atom stereocenters. The fraction of sp³-hybridized carbons (Fsp3) is 0.463. The number of nitrogens with two attached hydrogens (primary N) is 2. The van der Waals surface area contributed by atoms with Crippen LogP contribution >= 0.6 is 0 Å². The van der Waals surface area contributed by atoms with E-state index in [1.165, 1.54) is 50.4 Å². The molecule has 400 valence electrons. The summed E-state index contributed by atoms with van der Waals surface area (Å²) >= 11 is 0. The van der Waals surface area contributed by atoms with Crippen LogP contribution in [-0.2, 0) is 32.5 Å². The number of hydrogen-bond acceptors (Lipinski definition) is 7. The lowest BCUT2D eigenvalue weighted by atomic mass is 9.80. The second-order valence-electron chi connectivity index (χ2n) is 26.7. The van der Waals surface area contributed by atoms with Crippen LogP contribution in [0.2, 0.25) is 0 Å². The summed E-state index contributed by atoms with van der Waals surface area (Å²) in [5.74, 6) is 0. The van der Waals surface area contributed by atoms with Crippen LogP contribution in [0, 0.1) is 0 Å². The zero-order valence-corrected chi connectivity index (χ0v) is 49.6. The Kier molecular flexibility index (Phi) is 18.7. The summed E-state index contributed by atoms with van der Waals surface area (Å²) in [5.41, 5.74) is 29.3. The summed E-state index contributed by atoms with van der Waals surface area (Å²) in [4.78, 5) is 7.51. The second kappa shape index (κ2) is 23.4. The van der Waals surface area contributed by atoms with Gasteiger partial charge in [0, 0.05) is 42.4 Å². The van der Waals surface area contributed by atoms with Crippen molar-refractivity contribution in [2.45, 2.75) is 170 Å². The van der Waals surface area contributed by atoms with E-state index in [1.54, 1.807) is 0 Å². The molecule has 0 aliphatic carbocycles. The molecule has 0 fully saturated rings. The molecule has 7 heteroatoms. The molecule has 0 saturated heterocycles. The van der Waals surface area contributed by atoms with Gasteiger partial charge < -0.3 is 26.6 Å². The van der Waals surface area contributed by atoms with Crippen molar-refractivity contribution in [3.05, 3.63) is 167 Å². The van der Waals surface area contributed by atoms with Gasteiger partial charge in [0.2, 0.25) is 0 Å². The first kappa shape index (κ1) is 59.1. The van der Waals surface area contributed by atoms with Crippen molar-refractivity contribution < 1.29 is 0 Å². The second-order valence-corrected chi connectivity index (χ2v) is 26.7. The van der Waals surface area contributed by atoms with Crippen molar-refractivity contribution in [2.75, 3.05) is 59.8 Å². The zero-order chi connectivity index (χ0) is 55.2. The Morgan fingerprint density at radius 1 is 0.432 bits per heavy atom. The summed E-state index contributed by atoms with van der Waals surface area (Å²) < 4.78 is 0. The molecular weight excluding hydrogens is 903 g/mol. The fourth-order valence-electron chi connectivity index (χ4n) is 8.97. The van der Waals surface area contributed by atoms with Crippen molar-refractivity contribution in [2.24, 2.45) is 0 Å². The highest BCUT2D eigenvalue weighted by Gasteiger charge is 2.29. The molecule has 6 rings (SSSR count). The summed E-state index contributed by atoms with van der Waals surface area (Å²) in [6.07, 6.45) is 0.0253. The molecule has 74 heavy (non-hydrogen) atoms. The van der Waals surface area contributed by atoms with Gasteiger partial charge in [0.25, 0.3) is 0 Å². The van der Waals surface area contributed by atoms with Gasteiger partial charge in [-0.15, -0.1) is 0 Å². The van der Waals surface area contributed by atoms with E-state index < -0.39 is 0 Å². The zero-order valence-electron chi connectivity index (χ0n) is 49.6. The first-order valence-electron chi connectivity index (χ1n) is 27.2. The van der Waals surface area contributed by atoms with Crippen LogP contribution in [-0.4, -0.2) is 44.3 Å². The molecule has 0 spiro atoms. The minimum absolute atomic E-state index is 0.0113. The quantitative estimate of drug-likeness (QED) is 0.0639. The summed E-state index contributed by atoms with van der Waals surface area (Å²) in [7, 11) is 2.09. The van der Waals surface area contributed by atoms with Crippen molar-refractivity contribution in [3.8, 4) is 0 Å². The number of benzene rings is 6. The summed E-state index contributed by atoms with van der Waals surface area (Å²) in [6.45, 7) is 46.9. The van der Waals surface area contributed by atoms with Crippen LogP contribution in [0.25, 0.3) is 0 Å². The number of nitrogens with zero attached hydrogens (tertiary/aromatic N) is 3. The Bertz CT molecular complexity index is 2650. The average molecular weight is 1000 g/mol. The topological polar surface area (TPSA) is 85.8 Å².